The highest BCUT2D eigenvalue weighted by Crippen LogP contribution is 2.16. The van der Waals surface area contributed by atoms with Crippen LogP contribution in [0.3, 0.4) is 0 Å². The third kappa shape index (κ3) is 7.98. The van der Waals surface area contributed by atoms with Crippen LogP contribution in [0.5, 0.6) is 0 Å². The first-order valence-corrected chi connectivity index (χ1v) is 5.40. The molecule has 15 heavy (non-hydrogen) atoms. The van der Waals surface area contributed by atoms with Crippen molar-refractivity contribution in [3.8, 4) is 0 Å². The van der Waals surface area contributed by atoms with Gasteiger partial charge in [0.2, 0.25) is 0 Å². The third-order valence-corrected chi connectivity index (χ3v) is 2.34. The Balaban J connectivity index is 3.98. The van der Waals surface area contributed by atoms with Gasteiger partial charge in [0.15, 0.2) is 0 Å². The van der Waals surface area contributed by atoms with Crippen LogP contribution < -0.4 is 0 Å². The van der Waals surface area contributed by atoms with Crippen LogP contribution in [-0.4, -0.2) is 5.97 Å². The molecule has 0 aromatic heterocycles. The molecule has 0 rings (SSSR count). The van der Waals surface area contributed by atoms with E-state index in [1.165, 1.54) is 12.5 Å². The number of hydrogen-bond donors (Lipinski definition) is 0. The molecule has 0 saturated heterocycles. The van der Waals surface area contributed by atoms with E-state index in [-0.39, 0.29) is 5.97 Å². The van der Waals surface area contributed by atoms with E-state index in [1.54, 1.807) is 6.26 Å². The van der Waals surface area contributed by atoms with Gasteiger partial charge < -0.3 is 4.74 Å². The minimum absolute atomic E-state index is 0.258. The highest BCUT2D eigenvalue weighted by atomic mass is 16.5. The summed E-state index contributed by atoms with van der Waals surface area (Å²) in [5.74, 6) is 0.200. The molecule has 0 aliphatic carbocycles. The molecule has 0 saturated carbocycles. The van der Waals surface area contributed by atoms with Gasteiger partial charge in [0.05, 0.1) is 6.26 Å². The molecule has 0 N–H and O–H groups in total. The van der Waals surface area contributed by atoms with Crippen LogP contribution in [0.1, 0.15) is 47.5 Å². The fraction of sp³-hybridized carbons (Fsp3) is 0.615. The summed E-state index contributed by atoms with van der Waals surface area (Å²) in [4.78, 5) is 10.6. The highest BCUT2D eigenvalue weighted by molar-refractivity contribution is 5.66. The lowest BCUT2D eigenvalue weighted by atomic mass is 9.98. The zero-order valence-corrected chi connectivity index (χ0v) is 10.5. The predicted molar refractivity (Wildman–Crippen MR) is 63.4 cm³/mol. The number of rotatable bonds is 5. The Kier molecular flexibility index (Phi) is 6.76. The maximum absolute atomic E-state index is 10.6. The van der Waals surface area contributed by atoms with E-state index in [4.69, 9.17) is 4.74 Å². The Morgan fingerprint density at radius 1 is 1.27 bits per heavy atom. The second-order valence-electron chi connectivity index (χ2n) is 4.23. The van der Waals surface area contributed by atoms with Crippen molar-refractivity contribution in [1.29, 1.82) is 0 Å². The smallest absolute Gasteiger partial charge is 0.307 e. The molecule has 0 aliphatic heterocycles. The lowest BCUT2D eigenvalue weighted by molar-refractivity contribution is -0.135. The average molecular weight is 210 g/mol. The van der Waals surface area contributed by atoms with E-state index in [0.717, 1.165) is 18.4 Å². The summed E-state index contributed by atoms with van der Waals surface area (Å²) in [5.41, 5.74) is 2.47. The molecule has 0 bridgehead atoms. The molecule has 2 heteroatoms. The van der Waals surface area contributed by atoms with Crippen LogP contribution in [0.4, 0.5) is 0 Å². The highest BCUT2D eigenvalue weighted by Gasteiger charge is 2.03. The Bertz CT molecular complexity index is 258. The van der Waals surface area contributed by atoms with Crippen molar-refractivity contribution < 1.29 is 9.53 Å². The van der Waals surface area contributed by atoms with Gasteiger partial charge in [-0.25, -0.2) is 0 Å². The summed E-state index contributed by atoms with van der Waals surface area (Å²) in [6, 6.07) is 0. The number of esters is 1. The molecule has 1 atom stereocenters. The van der Waals surface area contributed by atoms with Crippen molar-refractivity contribution >= 4 is 5.97 Å². The van der Waals surface area contributed by atoms with Crippen molar-refractivity contribution in [2.75, 3.05) is 0 Å². The van der Waals surface area contributed by atoms with Crippen molar-refractivity contribution in [3.63, 3.8) is 0 Å². The van der Waals surface area contributed by atoms with Gasteiger partial charge in [-0.05, 0) is 45.1 Å². The van der Waals surface area contributed by atoms with Gasteiger partial charge in [0.25, 0.3) is 0 Å². The fourth-order valence-electron chi connectivity index (χ4n) is 1.14. The van der Waals surface area contributed by atoms with Crippen LogP contribution in [0.15, 0.2) is 23.5 Å². The lowest BCUT2D eigenvalue weighted by Crippen LogP contribution is -1.99. The SMILES string of the molecule is CC(=O)O/C=C(\C)C(C)CCC=C(C)C. The minimum Gasteiger partial charge on any atom is -0.435 e. The molecule has 0 fully saturated rings. The first kappa shape index (κ1) is 13.9. The molecule has 0 amide bonds. The van der Waals surface area contributed by atoms with Gasteiger partial charge in [0, 0.05) is 6.92 Å². The van der Waals surface area contributed by atoms with Crippen molar-refractivity contribution in [1.82, 2.24) is 0 Å². The Hall–Kier alpha value is -1.05. The zero-order chi connectivity index (χ0) is 11.8. The number of ether oxygens (including phenoxy) is 1. The first-order chi connectivity index (χ1) is 6.93. The Morgan fingerprint density at radius 2 is 1.87 bits per heavy atom. The van der Waals surface area contributed by atoms with E-state index in [2.05, 4.69) is 26.8 Å². The lowest BCUT2D eigenvalue weighted by Gasteiger charge is -2.10. The van der Waals surface area contributed by atoms with Gasteiger partial charge in [0.1, 0.15) is 0 Å². The van der Waals surface area contributed by atoms with Gasteiger partial charge in [-0.1, -0.05) is 18.6 Å². The molecular weight excluding hydrogens is 188 g/mol. The molecule has 0 aromatic carbocycles. The normalized spacial score (nSPS) is 13.3. The van der Waals surface area contributed by atoms with E-state index < -0.39 is 0 Å². The van der Waals surface area contributed by atoms with Crippen LogP contribution in [0, 0.1) is 5.92 Å². The average Bonchev–Trinajstić information content (AvgIpc) is 2.13. The van der Waals surface area contributed by atoms with Crippen molar-refractivity contribution in [2.24, 2.45) is 5.92 Å². The standard InChI is InChI=1S/C13H22O2/c1-10(2)7-6-8-11(3)12(4)9-15-13(5)14/h7,9,11H,6,8H2,1-5H3/b12-9+. The van der Waals surface area contributed by atoms with Crippen LogP contribution >= 0.6 is 0 Å². The molecule has 0 spiro atoms. The number of hydrogen-bond acceptors (Lipinski definition) is 2. The molecule has 0 radical (unpaired) electrons. The number of carbonyl (C=O) groups excluding carboxylic acids is 1. The summed E-state index contributed by atoms with van der Waals surface area (Å²) in [5, 5.41) is 0. The van der Waals surface area contributed by atoms with E-state index in [1.807, 2.05) is 6.92 Å². The van der Waals surface area contributed by atoms with Crippen molar-refractivity contribution in [3.05, 3.63) is 23.5 Å². The van der Waals surface area contributed by atoms with Crippen molar-refractivity contribution in [2.45, 2.75) is 47.5 Å². The largest absolute Gasteiger partial charge is 0.435 e. The molecule has 0 aromatic rings. The van der Waals surface area contributed by atoms with Crippen LogP contribution in [-0.2, 0) is 9.53 Å². The van der Waals surface area contributed by atoms with Gasteiger partial charge in [-0.2, -0.15) is 0 Å². The molecule has 2 nitrogen and oxygen atoms in total. The first-order valence-electron chi connectivity index (χ1n) is 5.40. The van der Waals surface area contributed by atoms with E-state index in [0.29, 0.717) is 5.92 Å². The summed E-state index contributed by atoms with van der Waals surface area (Å²) in [6.07, 6.45) is 5.97. The minimum atomic E-state index is -0.258. The van der Waals surface area contributed by atoms with Gasteiger partial charge in [-0.3, -0.25) is 4.79 Å². The quantitative estimate of drug-likeness (QED) is 0.391. The third-order valence-electron chi connectivity index (χ3n) is 2.34. The van der Waals surface area contributed by atoms with Crippen LogP contribution in [0.2, 0.25) is 0 Å². The Morgan fingerprint density at radius 3 is 2.33 bits per heavy atom. The monoisotopic (exact) mass is 210 g/mol. The molecule has 0 heterocycles. The predicted octanol–water partition coefficient (Wildman–Crippen LogP) is 3.84. The number of carbonyl (C=O) groups is 1. The topological polar surface area (TPSA) is 26.3 Å². The molecule has 86 valence electrons. The maximum atomic E-state index is 10.6. The fourth-order valence-corrected chi connectivity index (χ4v) is 1.14. The maximum Gasteiger partial charge on any atom is 0.307 e. The molecular formula is C13H22O2. The van der Waals surface area contributed by atoms with Gasteiger partial charge >= 0.3 is 5.97 Å². The van der Waals surface area contributed by atoms with E-state index >= 15 is 0 Å². The second-order valence-corrected chi connectivity index (χ2v) is 4.23. The molecule has 1 unspecified atom stereocenters. The van der Waals surface area contributed by atoms with E-state index in [9.17, 15) is 4.79 Å². The summed E-state index contributed by atoms with van der Waals surface area (Å²) in [7, 11) is 0. The van der Waals surface area contributed by atoms with Crippen LogP contribution in [0.25, 0.3) is 0 Å². The second kappa shape index (κ2) is 7.27. The van der Waals surface area contributed by atoms with Gasteiger partial charge in [-0.15, -0.1) is 0 Å². The number of allylic oxidation sites excluding steroid dienone is 3. The zero-order valence-electron chi connectivity index (χ0n) is 10.5. The Labute approximate surface area is 93.0 Å². The summed E-state index contributed by atoms with van der Waals surface area (Å²) in [6.45, 7) is 9.76. The summed E-state index contributed by atoms with van der Waals surface area (Å²) >= 11 is 0. The molecule has 0 aliphatic rings. The summed E-state index contributed by atoms with van der Waals surface area (Å²) < 4.78 is 4.84.